The minimum absolute atomic E-state index is 0.0167. The molecule has 0 unspecified atom stereocenters. The van der Waals surface area contributed by atoms with Crippen molar-refractivity contribution in [2.24, 2.45) is 5.92 Å². The highest BCUT2D eigenvalue weighted by atomic mass is 19.3. The minimum Gasteiger partial charge on any atom is -0.477 e. The summed E-state index contributed by atoms with van der Waals surface area (Å²) in [6.07, 6.45) is 5.23. The van der Waals surface area contributed by atoms with E-state index in [0.717, 1.165) is 6.42 Å². The van der Waals surface area contributed by atoms with E-state index in [-0.39, 0.29) is 22.9 Å². The molecule has 1 aromatic heterocycles. The summed E-state index contributed by atoms with van der Waals surface area (Å²) in [5.41, 5.74) is -0.694. The van der Waals surface area contributed by atoms with Gasteiger partial charge < -0.3 is 15.0 Å². The lowest BCUT2D eigenvalue weighted by Gasteiger charge is -2.43. The molecule has 2 N–H and O–H groups in total. The molecule has 1 aliphatic heterocycles. The number of nitrogens with zero attached hydrogens (tertiary/aromatic N) is 1. The zero-order valence-electron chi connectivity index (χ0n) is 13.9. The maximum Gasteiger partial charge on any atom is 0.352 e. The fraction of sp³-hybridized carbons (Fsp3) is 0.500. The molecule has 0 saturated heterocycles. The van der Waals surface area contributed by atoms with E-state index in [1.165, 1.54) is 6.92 Å². The Labute approximate surface area is 147 Å². The molecule has 0 bridgehead atoms. The molecule has 0 spiro atoms. The number of halogens is 2. The highest BCUT2D eigenvalue weighted by molar-refractivity contribution is 6.44. The SMILES string of the molecule is C#CC1(NC(=O)C(=O)c2c(C)c(C(=O)O)n3c2C[C@H]2C[C@H]23)CC(F)(F)C1. The predicted molar refractivity (Wildman–Crippen MR) is 85.2 cm³/mol. The van der Waals surface area contributed by atoms with Crippen LogP contribution in [0.25, 0.3) is 0 Å². The van der Waals surface area contributed by atoms with Crippen molar-refractivity contribution in [1.82, 2.24) is 9.88 Å². The summed E-state index contributed by atoms with van der Waals surface area (Å²) in [7, 11) is 0. The third-order valence-corrected chi connectivity index (χ3v) is 5.61. The molecule has 2 heterocycles. The average Bonchev–Trinajstić information content (AvgIpc) is 3.09. The number of nitrogens with one attached hydrogen (secondary N) is 1. The minimum atomic E-state index is -2.96. The van der Waals surface area contributed by atoms with E-state index < -0.39 is 42.0 Å². The lowest BCUT2D eigenvalue weighted by atomic mass is 9.74. The van der Waals surface area contributed by atoms with Gasteiger partial charge in [0.15, 0.2) is 0 Å². The molecule has 136 valence electrons. The van der Waals surface area contributed by atoms with Gasteiger partial charge in [0.2, 0.25) is 0 Å². The van der Waals surface area contributed by atoms with Gasteiger partial charge in [0.25, 0.3) is 17.6 Å². The molecule has 3 aliphatic rings. The third kappa shape index (κ3) is 2.19. The number of aromatic carboxylic acids is 1. The molecule has 1 amide bonds. The van der Waals surface area contributed by atoms with E-state index >= 15 is 0 Å². The first kappa shape index (κ1) is 16.8. The number of carboxylic acid groups (broad SMARTS) is 1. The van der Waals surface area contributed by atoms with Gasteiger partial charge in [-0.2, -0.15) is 0 Å². The van der Waals surface area contributed by atoms with Crippen LogP contribution in [0.4, 0.5) is 8.78 Å². The van der Waals surface area contributed by atoms with Gasteiger partial charge in [0, 0.05) is 24.6 Å². The number of ketones is 1. The van der Waals surface area contributed by atoms with Gasteiger partial charge in [-0.05, 0) is 31.2 Å². The van der Waals surface area contributed by atoms with Crippen molar-refractivity contribution in [3.63, 3.8) is 0 Å². The smallest absolute Gasteiger partial charge is 0.352 e. The second-order valence-corrected chi connectivity index (χ2v) is 7.46. The van der Waals surface area contributed by atoms with Crippen LogP contribution in [0.5, 0.6) is 0 Å². The molecular weight excluding hydrogens is 346 g/mol. The summed E-state index contributed by atoms with van der Waals surface area (Å²) in [4.78, 5) is 36.7. The monoisotopic (exact) mass is 362 g/mol. The number of Topliss-reactive ketones (excluding diaryl/α,β-unsaturated/α-hetero) is 1. The number of rotatable bonds is 4. The Morgan fingerprint density at radius 1 is 1.35 bits per heavy atom. The number of carboxylic acids is 1. The fourth-order valence-corrected chi connectivity index (χ4v) is 4.36. The third-order valence-electron chi connectivity index (χ3n) is 5.61. The predicted octanol–water partition coefficient (Wildman–Crippen LogP) is 1.71. The maximum absolute atomic E-state index is 13.2. The lowest BCUT2D eigenvalue weighted by Crippen LogP contribution is -2.62. The van der Waals surface area contributed by atoms with E-state index in [4.69, 9.17) is 6.42 Å². The maximum atomic E-state index is 13.2. The Bertz CT molecular complexity index is 917. The van der Waals surface area contributed by atoms with Crippen molar-refractivity contribution in [2.45, 2.75) is 50.1 Å². The van der Waals surface area contributed by atoms with Gasteiger partial charge in [-0.15, -0.1) is 6.42 Å². The number of fused-ring (bicyclic) bond motifs is 3. The molecular formula is C18H16F2N2O4. The van der Waals surface area contributed by atoms with Crippen LogP contribution in [0.2, 0.25) is 0 Å². The number of alkyl halides is 2. The summed E-state index contributed by atoms with van der Waals surface area (Å²) in [6.45, 7) is 1.49. The van der Waals surface area contributed by atoms with Crippen molar-refractivity contribution in [3.8, 4) is 12.3 Å². The number of hydrogen-bond acceptors (Lipinski definition) is 3. The highest BCUT2D eigenvalue weighted by Gasteiger charge is 2.57. The zero-order chi connectivity index (χ0) is 19.0. The summed E-state index contributed by atoms with van der Waals surface area (Å²) in [5, 5.41) is 11.7. The number of terminal acetylenes is 1. The first-order valence-electron chi connectivity index (χ1n) is 8.28. The van der Waals surface area contributed by atoms with Crippen LogP contribution in [-0.2, 0) is 11.2 Å². The largest absolute Gasteiger partial charge is 0.477 e. The molecule has 0 radical (unpaired) electrons. The van der Waals surface area contributed by atoms with Crippen LogP contribution in [-0.4, -0.2) is 38.8 Å². The first-order chi connectivity index (χ1) is 12.1. The Kier molecular flexibility index (Phi) is 3.18. The van der Waals surface area contributed by atoms with E-state index in [0.29, 0.717) is 18.0 Å². The topological polar surface area (TPSA) is 88.4 Å². The molecule has 8 heteroatoms. The molecule has 0 aromatic carbocycles. The summed E-state index contributed by atoms with van der Waals surface area (Å²) < 4.78 is 28.0. The number of hydrogen-bond donors (Lipinski definition) is 2. The van der Waals surface area contributed by atoms with Gasteiger partial charge in [-0.3, -0.25) is 9.59 Å². The number of amides is 1. The highest BCUT2D eigenvalue weighted by Crippen LogP contribution is 2.54. The van der Waals surface area contributed by atoms with E-state index in [1.54, 1.807) is 4.57 Å². The summed E-state index contributed by atoms with van der Waals surface area (Å²) in [6, 6.07) is 0.0572. The van der Waals surface area contributed by atoms with Crippen molar-refractivity contribution in [1.29, 1.82) is 0 Å². The van der Waals surface area contributed by atoms with Gasteiger partial charge in [-0.25, -0.2) is 13.6 Å². The first-order valence-corrected chi connectivity index (χ1v) is 8.28. The van der Waals surface area contributed by atoms with Crippen molar-refractivity contribution < 1.29 is 28.3 Å². The molecule has 6 nitrogen and oxygen atoms in total. The Morgan fingerprint density at radius 3 is 2.54 bits per heavy atom. The van der Waals surface area contributed by atoms with Crippen LogP contribution < -0.4 is 5.32 Å². The molecule has 26 heavy (non-hydrogen) atoms. The summed E-state index contributed by atoms with van der Waals surface area (Å²) in [5.74, 6) is -3.68. The zero-order valence-corrected chi connectivity index (χ0v) is 13.9. The Hall–Kier alpha value is -2.69. The second kappa shape index (κ2) is 4.93. The molecule has 4 rings (SSSR count). The molecule has 2 aliphatic carbocycles. The standard InChI is InChI=1S/C18H16F2N2O4/c1-3-17(6-18(19,20)7-17)21-15(24)14(23)12-8(2)13(16(25)26)22-10-4-9(10)5-11(12)22/h1,9-10H,4-7H2,2H3,(H,21,24)(H,25,26)/t9-,10-/m1/s1. The number of aromatic nitrogens is 1. The second-order valence-electron chi connectivity index (χ2n) is 7.46. The van der Waals surface area contributed by atoms with Crippen LogP contribution >= 0.6 is 0 Å². The fourth-order valence-electron chi connectivity index (χ4n) is 4.36. The van der Waals surface area contributed by atoms with E-state index in [9.17, 15) is 28.3 Å². The molecule has 2 atom stereocenters. The van der Waals surface area contributed by atoms with Gasteiger partial charge >= 0.3 is 5.97 Å². The van der Waals surface area contributed by atoms with Gasteiger partial charge in [-0.1, -0.05) is 5.92 Å². The van der Waals surface area contributed by atoms with Gasteiger partial charge in [0.05, 0.1) is 5.56 Å². The molecule has 2 saturated carbocycles. The lowest BCUT2D eigenvalue weighted by molar-refractivity contribution is -0.133. The van der Waals surface area contributed by atoms with Crippen LogP contribution in [0, 0.1) is 25.2 Å². The summed E-state index contributed by atoms with van der Waals surface area (Å²) >= 11 is 0. The Morgan fingerprint density at radius 2 is 2.00 bits per heavy atom. The molecule has 2 fully saturated rings. The Balaban J connectivity index is 1.65. The van der Waals surface area contributed by atoms with Crippen molar-refractivity contribution in [2.75, 3.05) is 0 Å². The molecule has 1 aromatic rings. The van der Waals surface area contributed by atoms with Crippen molar-refractivity contribution >= 4 is 17.7 Å². The average molecular weight is 362 g/mol. The van der Waals surface area contributed by atoms with Crippen LogP contribution in [0.1, 0.15) is 57.4 Å². The quantitative estimate of drug-likeness (QED) is 0.485. The normalized spacial score (nSPS) is 26.1. The van der Waals surface area contributed by atoms with Crippen LogP contribution in [0.15, 0.2) is 0 Å². The van der Waals surface area contributed by atoms with E-state index in [2.05, 4.69) is 11.2 Å². The van der Waals surface area contributed by atoms with Crippen LogP contribution in [0.3, 0.4) is 0 Å². The van der Waals surface area contributed by atoms with Crippen molar-refractivity contribution in [3.05, 3.63) is 22.5 Å². The van der Waals surface area contributed by atoms with E-state index in [1.807, 2.05) is 0 Å². The van der Waals surface area contributed by atoms with Gasteiger partial charge in [0.1, 0.15) is 11.2 Å². The number of carbonyl (C=O) groups is 3. The number of carbonyl (C=O) groups excluding carboxylic acids is 2.